The van der Waals surface area contributed by atoms with Gasteiger partial charge in [0.25, 0.3) is 5.91 Å². The molecule has 0 fully saturated rings. The molecule has 2 aromatic heterocycles. The van der Waals surface area contributed by atoms with Crippen LogP contribution in [-0.4, -0.2) is 23.2 Å². The molecule has 0 radical (unpaired) electrons. The molecule has 0 aliphatic carbocycles. The Kier molecular flexibility index (Phi) is 4.89. The second kappa shape index (κ2) is 7.31. The highest BCUT2D eigenvalue weighted by Gasteiger charge is 2.21. The van der Waals surface area contributed by atoms with Crippen molar-refractivity contribution in [1.82, 2.24) is 4.98 Å². The van der Waals surface area contributed by atoms with Crippen LogP contribution in [0.3, 0.4) is 0 Å². The molecular weight excluding hydrogens is 386 g/mol. The molecule has 0 spiro atoms. The summed E-state index contributed by atoms with van der Waals surface area (Å²) in [4.78, 5) is 19.9. The van der Waals surface area contributed by atoms with Gasteiger partial charge in [0.15, 0.2) is 0 Å². The van der Waals surface area contributed by atoms with E-state index >= 15 is 0 Å². The molecule has 0 bridgehead atoms. The molecule has 7 heteroatoms. The van der Waals surface area contributed by atoms with Crippen LogP contribution in [0.5, 0.6) is 0 Å². The van der Waals surface area contributed by atoms with Crippen molar-refractivity contribution in [2.45, 2.75) is 11.9 Å². The van der Waals surface area contributed by atoms with E-state index < -0.39 is 0 Å². The summed E-state index contributed by atoms with van der Waals surface area (Å²) in [7, 11) is 0. The lowest BCUT2D eigenvalue weighted by Gasteiger charge is -2.28. The maximum atomic E-state index is 12.6. The number of thiophene rings is 1. The molecule has 1 aliphatic heterocycles. The van der Waals surface area contributed by atoms with Gasteiger partial charge in [0.2, 0.25) is 0 Å². The van der Waals surface area contributed by atoms with Crippen molar-refractivity contribution in [2.24, 2.45) is 0 Å². The third-order valence-corrected chi connectivity index (χ3v) is 6.60. The van der Waals surface area contributed by atoms with Crippen molar-refractivity contribution in [3.05, 3.63) is 64.1 Å². The molecule has 0 saturated carbocycles. The maximum absolute atomic E-state index is 12.6. The minimum atomic E-state index is -0.126. The number of carbonyl (C=O) groups excluding carboxylic acids is 1. The first-order chi connectivity index (χ1) is 12.6. The van der Waals surface area contributed by atoms with Crippen molar-refractivity contribution in [3.63, 3.8) is 0 Å². The monoisotopic (exact) mass is 401 g/mol. The number of nitrogens with zero attached hydrogens (tertiary/aromatic N) is 2. The Morgan fingerprint density at radius 3 is 3.00 bits per heavy atom. The lowest BCUT2D eigenvalue weighted by molar-refractivity contribution is 0.103. The van der Waals surface area contributed by atoms with E-state index in [9.17, 15) is 4.79 Å². The van der Waals surface area contributed by atoms with E-state index in [1.807, 2.05) is 43.5 Å². The van der Waals surface area contributed by atoms with Gasteiger partial charge < -0.3 is 10.2 Å². The van der Waals surface area contributed by atoms with Crippen LogP contribution in [0.15, 0.2) is 53.7 Å². The van der Waals surface area contributed by atoms with Crippen molar-refractivity contribution < 1.29 is 4.79 Å². The molecule has 0 unspecified atom stereocenters. The Morgan fingerprint density at radius 1 is 1.27 bits per heavy atom. The summed E-state index contributed by atoms with van der Waals surface area (Å²) in [6, 6.07) is 13.4. The van der Waals surface area contributed by atoms with Gasteiger partial charge in [-0.3, -0.25) is 4.79 Å². The fourth-order valence-corrected chi connectivity index (χ4v) is 4.79. The van der Waals surface area contributed by atoms with Crippen molar-refractivity contribution in [3.8, 4) is 0 Å². The van der Waals surface area contributed by atoms with E-state index in [2.05, 4.69) is 21.3 Å². The van der Waals surface area contributed by atoms with Crippen molar-refractivity contribution in [2.75, 3.05) is 22.5 Å². The molecule has 1 N–H and O–H groups in total. The van der Waals surface area contributed by atoms with Crippen LogP contribution in [0, 0.1) is 6.92 Å². The van der Waals surface area contributed by atoms with Gasteiger partial charge in [-0.25, -0.2) is 4.98 Å². The van der Waals surface area contributed by atoms with E-state index in [4.69, 9.17) is 11.6 Å². The van der Waals surface area contributed by atoms with Gasteiger partial charge in [-0.05, 0) is 48.9 Å². The first-order valence-corrected chi connectivity index (χ1v) is 10.3. The first-order valence-electron chi connectivity index (χ1n) is 8.14. The molecular formula is C19H16ClN3OS2. The Labute approximate surface area is 165 Å². The second-order valence-corrected chi connectivity index (χ2v) is 8.44. The Morgan fingerprint density at radius 2 is 2.15 bits per heavy atom. The van der Waals surface area contributed by atoms with Gasteiger partial charge in [-0.2, -0.15) is 0 Å². The molecule has 3 aromatic rings. The van der Waals surface area contributed by atoms with Gasteiger partial charge in [0, 0.05) is 29.2 Å². The van der Waals surface area contributed by atoms with Crippen LogP contribution < -0.4 is 10.2 Å². The number of rotatable bonds is 3. The SMILES string of the molecule is Cc1ccc(NC(=O)c2ccc(N3CCSc4ncccc43)s2)cc1Cl. The minimum absolute atomic E-state index is 0.126. The van der Waals surface area contributed by atoms with Gasteiger partial charge >= 0.3 is 0 Å². The minimum Gasteiger partial charge on any atom is -0.330 e. The van der Waals surface area contributed by atoms with E-state index in [1.54, 1.807) is 17.8 Å². The summed E-state index contributed by atoms with van der Waals surface area (Å²) in [5.41, 5.74) is 2.78. The maximum Gasteiger partial charge on any atom is 0.265 e. The van der Waals surface area contributed by atoms with E-state index in [1.165, 1.54) is 11.3 Å². The number of amides is 1. The van der Waals surface area contributed by atoms with Crippen LogP contribution in [0.2, 0.25) is 5.02 Å². The Balaban J connectivity index is 1.55. The van der Waals surface area contributed by atoms with Crippen LogP contribution in [0.4, 0.5) is 16.4 Å². The number of anilines is 3. The number of hydrogen-bond donors (Lipinski definition) is 1. The van der Waals surface area contributed by atoms with Gasteiger partial charge in [-0.1, -0.05) is 17.7 Å². The molecule has 1 amide bonds. The number of benzene rings is 1. The fraction of sp³-hybridized carbons (Fsp3) is 0.158. The molecule has 1 aliphatic rings. The topological polar surface area (TPSA) is 45.2 Å². The molecule has 0 atom stereocenters. The number of hydrogen-bond acceptors (Lipinski definition) is 5. The number of thioether (sulfide) groups is 1. The quantitative estimate of drug-likeness (QED) is 0.620. The zero-order valence-corrected chi connectivity index (χ0v) is 16.4. The van der Waals surface area contributed by atoms with Crippen LogP contribution in [-0.2, 0) is 0 Å². The summed E-state index contributed by atoms with van der Waals surface area (Å²) in [5, 5.41) is 5.64. The van der Waals surface area contributed by atoms with Crippen molar-refractivity contribution in [1.29, 1.82) is 0 Å². The lowest BCUT2D eigenvalue weighted by Crippen LogP contribution is -2.23. The zero-order valence-electron chi connectivity index (χ0n) is 14.0. The average molecular weight is 402 g/mol. The number of aromatic nitrogens is 1. The van der Waals surface area contributed by atoms with Gasteiger partial charge in [-0.15, -0.1) is 23.1 Å². The normalized spacial score (nSPS) is 13.4. The third kappa shape index (κ3) is 3.45. The second-order valence-electron chi connectivity index (χ2n) is 5.88. The summed E-state index contributed by atoms with van der Waals surface area (Å²) in [6.07, 6.45) is 1.81. The van der Waals surface area contributed by atoms with Crippen LogP contribution in [0.1, 0.15) is 15.2 Å². The fourth-order valence-electron chi connectivity index (χ4n) is 2.74. The molecule has 0 saturated heterocycles. The number of halogens is 1. The molecule has 3 heterocycles. The molecule has 26 heavy (non-hydrogen) atoms. The summed E-state index contributed by atoms with van der Waals surface area (Å²) in [5.74, 6) is 0.852. The van der Waals surface area contributed by atoms with E-state index in [0.29, 0.717) is 15.6 Å². The highest BCUT2D eigenvalue weighted by atomic mass is 35.5. The zero-order chi connectivity index (χ0) is 18.1. The van der Waals surface area contributed by atoms with Gasteiger partial charge in [0.1, 0.15) is 5.03 Å². The molecule has 1 aromatic carbocycles. The largest absolute Gasteiger partial charge is 0.330 e. The van der Waals surface area contributed by atoms with E-state index in [0.717, 1.165) is 33.6 Å². The average Bonchev–Trinajstić information content (AvgIpc) is 3.14. The predicted molar refractivity (Wildman–Crippen MR) is 110 cm³/mol. The Bertz CT molecular complexity index is 973. The summed E-state index contributed by atoms with van der Waals surface area (Å²) >= 11 is 9.38. The highest BCUT2D eigenvalue weighted by Crippen LogP contribution is 2.40. The standard InChI is InChI=1S/C19H16ClN3OS2/c1-12-4-5-13(11-14(12)20)22-18(24)16-6-7-17(26-16)23-9-10-25-19-15(23)3-2-8-21-19/h2-8,11H,9-10H2,1H3,(H,22,24). The molecule has 4 nitrogen and oxygen atoms in total. The van der Waals surface area contributed by atoms with Crippen LogP contribution >= 0.6 is 34.7 Å². The molecule has 4 rings (SSSR count). The summed E-state index contributed by atoms with van der Waals surface area (Å²) in [6.45, 7) is 2.83. The third-order valence-electron chi connectivity index (χ3n) is 4.11. The number of pyridine rings is 1. The highest BCUT2D eigenvalue weighted by molar-refractivity contribution is 7.99. The molecule has 132 valence electrons. The number of aryl methyl sites for hydroxylation is 1. The lowest BCUT2D eigenvalue weighted by atomic mass is 10.2. The van der Waals surface area contributed by atoms with Gasteiger partial charge in [0.05, 0.1) is 15.6 Å². The number of fused-ring (bicyclic) bond motifs is 1. The van der Waals surface area contributed by atoms with E-state index in [-0.39, 0.29) is 5.91 Å². The first kappa shape index (κ1) is 17.4. The number of carbonyl (C=O) groups is 1. The number of nitrogens with one attached hydrogen (secondary N) is 1. The smallest absolute Gasteiger partial charge is 0.265 e. The Hall–Kier alpha value is -2.02. The summed E-state index contributed by atoms with van der Waals surface area (Å²) < 4.78 is 0. The van der Waals surface area contributed by atoms with Crippen LogP contribution in [0.25, 0.3) is 0 Å². The van der Waals surface area contributed by atoms with Crippen molar-refractivity contribution >= 4 is 57.0 Å². The predicted octanol–water partition coefficient (Wildman–Crippen LogP) is 5.60.